The molecule has 0 saturated carbocycles. The summed E-state index contributed by atoms with van der Waals surface area (Å²) in [6, 6.07) is 3.46. The van der Waals surface area contributed by atoms with Crippen LogP contribution >= 0.6 is 11.3 Å². The number of nitrogens with one attached hydrogen (secondary N) is 2. The van der Waals surface area contributed by atoms with E-state index < -0.39 is 0 Å². The number of rotatable bonds is 7. The summed E-state index contributed by atoms with van der Waals surface area (Å²) in [7, 11) is 0. The fourth-order valence-corrected chi connectivity index (χ4v) is 2.21. The predicted molar refractivity (Wildman–Crippen MR) is 77.6 cm³/mol. The summed E-state index contributed by atoms with van der Waals surface area (Å²) < 4.78 is 0. The van der Waals surface area contributed by atoms with Crippen LogP contribution in [-0.2, 0) is 9.59 Å². The molecule has 1 rings (SSSR count). The van der Waals surface area contributed by atoms with Crippen molar-refractivity contribution in [2.75, 3.05) is 26.2 Å². The topological polar surface area (TPSA) is 78.5 Å². The van der Waals surface area contributed by atoms with Crippen molar-refractivity contribution >= 4 is 29.1 Å². The monoisotopic (exact) mass is 297 g/mol. The van der Waals surface area contributed by atoms with Gasteiger partial charge in [-0.1, -0.05) is 6.07 Å². The lowest BCUT2D eigenvalue weighted by molar-refractivity contribution is -0.135. The van der Waals surface area contributed by atoms with Crippen LogP contribution in [0, 0.1) is 0 Å². The molecule has 0 saturated heterocycles. The van der Waals surface area contributed by atoms with Crippen LogP contribution < -0.4 is 10.6 Å². The number of hydrogen-bond donors (Lipinski definition) is 2. The summed E-state index contributed by atoms with van der Waals surface area (Å²) in [4.78, 5) is 37.0. The second-order valence-electron chi connectivity index (χ2n) is 4.02. The fraction of sp³-hybridized carbons (Fsp3) is 0.462. The molecule has 0 aliphatic rings. The Kier molecular flexibility index (Phi) is 6.72. The first kappa shape index (κ1) is 16.2. The highest BCUT2D eigenvalue weighted by Gasteiger charge is 2.16. The number of amides is 3. The zero-order chi connectivity index (χ0) is 15.0. The van der Waals surface area contributed by atoms with Crippen LogP contribution in [0.15, 0.2) is 17.5 Å². The second-order valence-corrected chi connectivity index (χ2v) is 4.97. The molecule has 0 fully saturated rings. The zero-order valence-electron chi connectivity index (χ0n) is 11.6. The number of carbonyl (C=O) groups is 3. The van der Waals surface area contributed by atoms with Crippen molar-refractivity contribution < 1.29 is 14.4 Å². The van der Waals surface area contributed by atoms with Crippen LogP contribution in [0.1, 0.15) is 23.5 Å². The molecule has 7 heteroatoms. The summed E-state index contributed by atoms with van der Waals surface area (Å²) in [5, 5.41) is 6.98. The Bertz CT molecular complexity index is 459. The molecule has 0 unspecified atom stereocenters. The van der Waals surface area contributed by atoms with E-state index in [0.717, 1.165) is 0 Å². The molecule has 0 radical (unpaired) electrons. The molecule has 0 bridgehead atoms. The van der Waals surface area contributed by atoms with Crippen molar-refractivity contribution in [3.63, 3.8) is 0 Å². The third-order valence-corrected chi connectivity index (χ3v) is 3.46. The maximum absolute atomic E-state index is 11.9. The maximum Gasteiger partial charge on any atom is 0.261 e. The Morgan fingerprint density at radius 3 is 2.55 bits per heavy atom. The van der Waals surface area contributed by atoms with Crippen molar-refractivity contribution in [2.45, 2.75) is 13.8 Å². The quantitative estimate of drug-likeness (QED) is 0.767. The van der Waals surface area contributed by atoms with Gasteiger partial charge in [-0.2, -0.15) is 0 Å². The van der Waals surface area contributed by atoms with Gasteiger partial charge in [-0.25, -0.2) is 0 Å². The van der Waals surface area contributed by atoms with Crippen LogP contribution in [0.4, 0.5) is 0 Å². The number of likely N-dealkylation sites (N-methyl/N-ethyl adjacent to an activating group) is 2. The summed E-state index contributed by atoms with van der Waals surface area (Å²) in [6.45, 7) is 4.46. The van der Waals surface area contributed by atoms with Crippen LogP contribution in [0.2, 0.25) is 0 Å². The van der Waals surface area contributed by atoms with Crippen LogP contribution in [0.3, 0.4) is 0 Å². The molecule has 1 heterocycles. The zero-order valence-corrected chi connectivity index (χ0v) is 12.5. The molecule has 0 aliphatic heterocycles. The lowest BCUT2D eigenvalue weighted by atomic mass is 10.4. The van der Waals surface area contributed by atoms with Crippen molar-refractivity contribution in [2.24, 2.45) is 0 Å². The Morgan fingerprint density at radius 2 is 2.00 bits per heavy atom. The van der Waals surface area contributed by atoms with Crippen LogP contribution in [0.5, 0.6) is 0 Å². The molecule has 1 aromatic rings. The summed E-state index contributed by atoms with van der Waals surface area (Å²) >= 11 is 1.31. The number of hydrogen-bond acceptors (Lipinski definition) is 4. The minimum Gasteiger partial charge on any atom is -0.355 e. The fourth-order valence-electron chi connectivity index (χ4n) is 1.57. The second kappa shape index (κ2) is 8.31. The SMILES string of the molecule is CCNC(=O)CN(CC)C(=O)CNC(=O)c1cccs1. The molecule has 0 atom stereocenters. The number of thiophene rings is 1. The van der Waals surface area contributed by atoms with Gasteiger partial charge < -0.3 is 15.5 Å². The average Bonchev–Trinajstić information content (AvgIpc) is 2.96. The third kappa shape index (κ3) is 5.00. The van der Waals surface area contributed by atoms with Gasteiger partial charge in [0.05, 0.1) is 18.0 Å². The molecule has 110 valence electrons. The van der Waals surface area contributed by atoms with Gasteiger partial charge in [0.1, 0.15) is 0 Å². The van der Waals surface area contributed by atoms with E-state index in [-0.39, 0.29) is 30.8 Å². The van der Waals surface area contributed by atoms with E-state index in [0.29, 0.717) is 18.0 Å². The molecule has 3 amide bonds. The van der Waals surface area contributed by atoms with Crippen molar-refractivity contribution in [3.8, 4) is 0 Å². The highest BCUT2D eigenvalue weighted by Crippen LogP contribution is 2.07. The van der Waals surface area contributed by atoms with Crippen LogP contribution in [-0.4, -0.2) is 48.8 Å². The van der Waals surface area contributed by atoms with Crippen molar-refractivity contribution in [1.29, 1.82) is 0 Å². The third-order valence-electron chi connectivity index (χ3n) is 2.59. The largest absolute Gasteiger partial charge is 0.355 e. The highest BCUT2D eigenvalue weighted by molar-refractivity contribution is 7.12. The first-order chi connectivity index (χ1) is 9.58. The van der Waals surface area contributed by atoms with E-state index in [9.17, 15) is 14.4 Å². The molecule has 0 aromatic carbocycles. The van der Waals surface area contributed by atoms with Crippen LogP contribution in [0.25, 0.3) is 0 Å². The molecule has 20 heavy (non-hydrogen) atoms. The Hall–Kier alpha value is -1.89. The molecule has 0 aliphatic carbocycles. The van der Waals surface area contributed by atoms with E-state index in [1.165, 1.54) is 16.2 Å². The minimum absolute atomic E-state index is 0.0120. The smallest absolute Gasteiger partial charge is 0.261 e. The molecular weight excluding hydrogens is 278 g/mol. The van der Waals surface area contributed by atoms with Gasteiger partial charge in [-0.05, 0) is 25.3 Å². The number of carbonyl (C=O) groups excluding carboxylic acids is 3. The minimum atomic E-state index is -0.276. The van der Waals surface area contributed by atoms with Gasteiger partial charge in [-0.3, -0.25) is 14.4 Å². The molecular formula is C13H19N3O3S. The first-order valence-electron chi connectivity index (χ1n) is 6.44. The van der Waals surface area contributed by atoms with E-state index >= 15 is 0 Å². The first-order valence-corrected chi connectivity index (χ1v) is 7.32. The van der Waals surface area contributed by atoms with E-state index in [2.05, 4.69) is 10.6 Å². The Balaban J connectivity index is 2.43. The molecule has 6 nitrogen and oxygen atoms in total. The van der Waals surface area contributed by atoms with Gasteiger partial charge >= 0.3 is 0 Å². The molecule has 1 aromatic heterocycles. The summed E-state index contributed by atoms with van der Waals surface area (Å²) in [5.41, 5.74) is 0. The number of nitrogens with zero attached hydrogens (tertiary/aromatic N) is 1. The molecule has 2 N–H and O–H groups in total. The van der Waals surface area contributed by atoms with Crippen molar-refractivity contribution in [1.82, 2.24) is 15.5 Å². The predicted octanol–water partition coefficient (Wildman–Crippen LogP) is 0.462. The van der Waals surface area contributed by atoms with Gasteiger partial charge in [0, 0.05) is 13.1 Å². The van der Waals surface area contributed by atoms with Gasteiger partial charge in [0.25, 0.3) is 5.91 Å². The average molecular weight is 297 g/mol. The van der Waals surface area contributed by atoms with Gasteiger partial charge in [-0.15, -0.1) is 11.3 Å². The molecule has 0 spiro atoms. The Morgan fingerprint density at radius 1 is 1.25 bits per heavy atom. The summed E-state index contributed by atoms with van der Waals surface area (Å²) in [6.07, 6.45) is 0. The highest BCUT2D eigenvalue weighted by atomic mass is 32.1. The standard InChI is InChI=1S/C13H19N3O3S/c1-3-14-11(17)9-16(4-2)12(18)8-15-13(19)10-6-5-7-20-10/h5-7H,3-4,8-9H2,1-2H3,(H,14,17)(H,15,19). The van der Waals surface area contributed by atoms with Gasteiger partial charge in [0.15, 0.2) is 0 Å². The normalized spacial score (nSPS) is 9.90. The van der Waals surface area contributed by atoms with E-state index in [1.807, 2.05) is 6.92 Å². The summed E-state index contributed by atoms with van der Waals surface area (Å²) in [5.74, 6) is -0.752. The lowest BCUT2D eigenvalue weighted by Gasteiger charge is -2.20. The van der Waals surface area contributed by atoms with E-state index in [1.54, 1.807) is 24.4 Å². The van der Waals surface area contributed by atoms with Gasteiger partial charge in [0.2, 0.25) is 11.8 Å². The Labute approximate surface area is 122 Å². The van der Waals surface area contributed by atoms with Crippen molar-refractivity contribution in [3.05, 3.63) is 22.4 Å². The maximum atomic E-state index is 11.9. The lowest BCUT2D eigenvalue weighted by Crippen LogP contribution is -2.44. The van der Waals surface area contributed by atoms with E-state index in [4.69, 9.17) is 0 Å².